The lowest BCUT2D eigenvalue weighted by molar-refractivity contribution is -0.150. The van der Waals surface area contributed by atoms with Gasteiger partial charge in [-0.15, -0.1) is 0 Å². The molecule has 3 nitrogen and oxygen atoms in total. The van der Waals surface area contributed by atoms with Crippen LogP contribution in [0.4, 0.5) is 4.39 Å². The third-order valence-electron chi connectivity index (χ3n) is 1.89. The van der Waals surface area contributed by atoms with Crippen LogP contribution in [-0.4, -0.2) is 24.3 Å². The zero-order valence-corrected chi connectivity index (χ0v) is 10.2. The fourth-order valence-corrected chi connectivity index (χ4v) is 1.68. The first kappa shape index (κ1) is 12.4. The van der Waals surface area contributed by atoms with Crippen LogP contribution in [0.15, 0.2) is 18.2 Å². The van der Waals surface area contributed by atoms with Crippen LogP contribution in [0.3, 0.4) is 0 Å². The molecular weight excluding hydrogens is 314 g/mol. The summed E-state index contributed by atoms with van der Waals surface area (Å²) in [6.45, 7) is 0. The van der Waals surface area contributed by atoms with Crippen LogP contribution < -0.4 is 0 Å². The normalized spacial score (nSPS) is 12.3. The molecule has 0 heterocycles. The fourth-order valence-electron chi connectivity index (χ4n) is 1.13. The molecule has 5 heteroatoms. The van der Waals surface area contributed by atoms with Gasteiger partial charge in [0, 0.05) is 9.99 Å². The molecule has 15 heavy (non-hydrogen) atoms. The SMILES string of the molecule is COC(=O)C(O)Cc1cc(I)ccc1F. The predicted molar refractivity (Wildman–Crippen MR) is 60.8 cm³/mol. The largest absolute Gasteiger partial charge is 0.467 e. The van der Waals surface area contributed by atoms with Crippen molar-refractivity contribution in [3.8, 4) is 0 Å². The Morgan fingerprint density at radius 1 is 1.67 bits per heavy atom. The van der Waals surface area contributed by atoms with Crippen LogP contribution in [-0.2, 0) is 16.0 Å². The van der Waals surface area contributed by atoms with Crippen molar-refractivity contribution in [2.45, 2.75) is 12.5 Å². The first-order valence-corrected chi connectivity index (χ1v) is 5.32. The summed E-state index contributed by atoms with van der Waals surface area (Å²) in [7, 11) is 1.18. The van der Waals surface area contributed by atoms with E-state index in [9.17, 15) is 14.3 Å². The number of ether oxygens (including phenoxy) is 1. The maximum atomic E-state index is 13.2. The molecule has 0 aliphatic rings. The van der Waals surface area contributed by atoms with Crippen LogP contribution >= 0.6 is 22.6 Å². The van der Waals surface area contributed by atoms with Gasteiger partial charge in [0.15, 0.2) is 6.10 Å². The molecule has 1 unspecified atom stereocenters. The fraction of sp³-hybridized carbons (Fsp3) is 0.300. The van der Waals surface area contributed by atoms with Crippen molar-refractivity contribution in [1.29, 1.82) is 0 Å². The number of halogens is 2. The van der Waals surface area contributed by atoms with E-state index in [1.807, 2.05) is 22.6 Å². The number of aliphatic hydroxyl groups excluding tert-OH is 1. The van der Waals surface area contributed by atoms with E-state index in [0.29, 0.717) is 5.56 Å². The number of carbonyl (C=O) groups excluding carboxylic acids is 1. The molecule has 0 fully saturated rings. The van der Waals surface area contributed by atoms with Crippen molar-refractivity contribution in [3.63, 3.8) is 0 Å². The van der Waals surface area contributed by atoms with Crippen molar-refractivity contribution in [3.05, 3.63) is 33.1 Å². The van der Waals surface area contributed by atoms with Crippen LogP contribution in [0.5, 0.6) is 0 Å². The highest BCUT2D eigenvalue weighted by atomic mass is 127. The van der Waals surface area contributed by atoms with Crippen molar-refractivity contribution in [2.24, 2.45) is 0 Å². The molecule has 0 aliphatic carbocycles. The lowest BCUT2D eigenvalue weighted by Gasteiger charge is -2.09. The Balaban J connectivity index is 2.80. The molecule has 1 aromatic carbocycles. The number of carbonyl (C=O) groups is 1. The Hall–Kier alpha value is -0.690. The number of rotatable bonds is 3. The summed E-state index contributed by atoms with van der Waals surface area (Å²) in [6, 6.07) is 4.51. The maximum absolute atomic E-state index is 13.2. The number of hydrogen-bond acceptors (Lipinski definition) is 3. The molecule has 82 valence electrons. The summed E-state index contributed by atoms with van der Waals surface area (Å²) in [5, 5.41) is 9.34. The second-order valence-corrected chi connectivity index (χ2v) is 4.22. The van der Waals surface area contributed by atoms with Gasteiger partial charge in [0.25, 0.3) is 0 Å². The third kappa shape index (κ3) is 3.42. The molecule has 1 rings (SSSR count). The molecule has 1 N–H and O–H groups in total. The molecule has 0 aliphatic heterocycles. The van der Waals surface area contributed by atoms with Crippen molar-refractivity contribution in [1.82, 2.24) is 0 Å². The van der Waals surface area contributed by atoms with Gasteiger partial charge in [-0.25, -0.2) is 9.18 Å². The summed E-state index contributed by atoms with van der Waals surface area (Å²) < 4.78 is 18.4. The summed E-state index contributed by atoms with van der Waals surface area (Å²) in [4.78, 5) is 10.9. The molecule has 0 saturated heterocycles. The van der Waals surface area contributed by atoms with Gasteiger partial charge in [-0.05, 0) is 46.4 Å². The van der Waals surface area contributed by atoms with E-state index in [2.05, 4.69) is 4.74 Å². The van der Waals surface area contributed by atoms with Gasteiger partial charge in [0.05, 0.1) is 7.11 Å². The van der Waals surface area contributed by atoms with Gasteiger partial charge in [-0.3, -0.25) is 0 Å². The zero-order chi connectivity index (χ0) is 11.4. The molecule has 0 radical (unpaired) electrons. The average Bonchev–Trinajstić information content (AvgIpc) is 2.22. The highest BCUT2D eigenvalue weighted by Crippen LogP contribution is 2.14. The Kier molecular flexibility index (Phi) is 4.46. The molecule has 0 saturated carbocycles. The maximum Gasteiger partial charge on any atom is 0.335 e. The van der Waals surface area contributed by atoms with Crippen LogP contribution in [0.1, 0.15) is 5.56 Å². The van der Waals surface area contributed by atoms with E-state index >= 15 is 0 Å². The van der Waals surface area contributed by atoms with Gasteiger partial charge >= 0.3 is 5.97 Å². The van der Waals surface area contributed by atoms with E-state index < -0.39 is 17.9 Å². The lowest BCUT2D eigenvalue weighted by Crippen LogP contribution is -2.24. The molecule has 1 aromatic rings. The van der Waals surface area contributed by atoms with E-state index in [0.717, 1.165) is 3.57 Å². The molecule has 0 aromatic heterocycles. The first-order valence-electron chi connectivity index (χ1n) is 4.24. The summed E-state index contributed by atoms with van der Waals surface area (Å²) >= 11 is 2.03. The van der Waals surface area contributed by atoms with Gasteiger partial charge in [0.1, 0.15) is 5.82 Å². The molecule has 0 bridgehead atoms. The number of methoxy groups -OCH3 is 1. The van der Waals surface area contributed by atoms with E-state index in [4.69, 9.17) is 0 Å². The minimum atomic E-state index is -1.32. The van der Waals surface area contributed by atoms with Crippen molar-refractivity contribution < 1.29 is 19.0 Å². The number of esters is 1. The predicted octanol–water partition coefficient (Wildman–Crippen LogP) is 1.51. The van der Waals surface area contributed by atoms with Crippen LogP contribution in [0.25, 0.3) is 0 Å². The Bertz CT molecular complexity index is 368. The highest BCUT2D eigenvalue weighted by molar-refractivity contribution is 14.1. The average molecular weight is 324 g/mol. The minimum absolute atomic E-state index is 0.0741. The van der Waals surface area contributed by atoms with Crippen molar-refractivity contribution in [2.75, 3.05) is 7.11 Å². The monoisotopic (exact) mass is 324 g/mol. The smallest absolute Gasteiger partial charge is 0.335 e. The zero-order valence-electron chi connectivity index (χ0n) is 8.04. The summed E-state index contributed by atoms with van der Waals surface area (Å²) in [6.07, 6.45) is -1.39. The Morgan fingerprint density at radius 3 is 2.93 bits per heavy atom. The molecule has 0 amide bonds. The third-order valence-corrected chi connectivity index (χ3v) is 2.57. The van der Waals surface area contributed by atoms with Crippen LogP contribution in [0, 0.1) is 9.39 Å². The van der Waals surface area contributed by atoms with E-state index in [1.54, 1.807) is 12.1 Å². The first-order chi connectivity index (χ1) is 7.04. The second-order valence-electron chi connectivity index (χ2n) is 2.98. The van der Waals surface area contributed by atoms with Crippen LogP contribution in [0.2, 0.25) is 0 Å². The Morgan fingerprint density at radius 2 is 2.33 bits per heavy atom. The van der Waals surface area contributed by atoms with Crippen molar-refractivity contribution >= 4 is 28.6 Å². The number of aliphatic hydroxyl groups is 1. The van der Waals surface area contributed by atoms with Gasteiger partial charge < -0.3 is 9.84 Å². The van der Waals surface area contributed by atoms with Gasteiger partial charge in [-0.1, -0.05) is 0 Å². The number of hydrogen-bond donors (Lipinski definition) is 1. The molecule has 1 atom stereocenters. The Labute approximate surface area is 100 Å². The molecular formula is C10H10FIO3. The minimum Gasteiger partial charge on any atom is -0.467 e. The van der Waals surface area contributed by atoms with E-state index in [1.165, 1.54) is 13.2 Å². The summed E-state index contributed by atoms with van der Waals surface area (Å²) in [5.74, 6) is -1.19. The second kappa shape index (κ2) is 5.41. The highest BCUT2D eigenvalue weighted by Gasteiger charge is 2.17. The lowest BCUT2D eigenvalue weighted by atomic mass is 10.1. The number of benzene rings is 1. The topological polar surface area (TPSA) is 46.5 Å². The summed E-state index contributed by atoms with van der Waals surface area (Å²) in [5.41, 5.74) is 0.305. The van der Waals surface area contributed by atoms with E-state index in [-0.39, 0.29) is 6.42 Å². The molecule has 0 spiro atoms. The van der Waals surface area contributed by atoms with Gasteiger partial charge in [0.2, 0.25) is 0 Å². The standard InChI is InChI=1S/C10H10FIO3/c1-15-10(14)9(13)5-6-4-7(12)2-3-8(6)11/h2-4,9,13H,5H2,1H3. The quantitative estimate of drug-likeness (QED) is 0.677. The van der Waals surface area contributed by atoms with Gasteiger partial charge in [-0.2, -0.15) is 0 Å².